The summed E-state index contributed by atoms with van der Waals surface area (Å²) in [6.07, 6.45) is 1.61. The van der Waals surface area contributed by atoms with Gasteiger partial charge in [-0.25, -0.2) is 0 Å². The predicted octanol–water partition coefficient (Wildman–Crippen LogP) is 3.35. The van der Waals surface area contributed by atoms with Gasteiger partial charge in [-0.3, -0.25) is 9.59 Å². The molecule has 0 aliphatic carbocycles. The minimum atomic E-state index is -0.245. The summed E-state index contributed by atoms with van der Waals surface area (Å²) in [6, 6.07) is 7.70. The second-order valence-electron chi connectivity index (χ2n) is 7.82. The average Bonchev–Trinajstić information content (AvgIpc) is 3.24. The summed E-state index contributed by atoms with van der Waals surface area (Å²) in [4.78, 5) is 26.4. The number of hydrogen-bond acceptors (Lipinski definition) is 4. The zero-order valence-electron chi connectivity index (χ0n) is 16.4. The Balaban J connectivity index is 1.62. The number of carbonyl (C=O) groups excluding carboxylic acids is 2. The summed E-state index contributed by atoms with van der Waals surface area (Å²) in [6.45, 7) is 9.15. The maximum atomic E-state index is 12.3. The number of hydrogen-bond donors (Lipinski definition) is 1. The Morgan fingerprint density at radius 3 is 2.70 bits per heavy atom. The Morgan fingerprint density at radius 1 is 1.22 bits per heavy atom. The average molecular weight is 369 g/mol. The van der Waals surface area contributed by atoms with Crippen LogP contribution in [0.4, 0.5) is 5.69 Å². The lowest BCUT2D eigenvalue weighted by Crippen LogP contribution is -2.32. The predicted molar refractivity (Wildman–Crippen MR) is 104 cm³/mol. The highest BCUT2D eigenvalue weighted by molar-refractivity contribution is 5.96. The third-order valence-corrected chi connectivity index (χ3v) is 4.65. The third kappa shape index (κ3) is 4.38. The minimum Gasteiger partial charge on any atom is -0.361 e. The molecule has 1 aromatic carbocycles. The van der Waals surface area contributed by atoms with E-state index >= 15 is 0 Å². The van der Waals surface area contributed by atoms with Crippen molar-refractivity contribution in [3.8, 4) is 0 Å². The molecule has 2 heterocycles. The van der Waals surface area contributed by atoms with Crippen LogP contribution in [0.3, 0.4) is 0 Å². The molecule has 0 atom stereocenters. The Labute approximate surface area is 159 Å². The highest BCUT2D eigenvalue weighted by Crippen LogP contribution is 2.30. The van der Waals surface area contributed by atoms with Crippen molar-refractivity contribution in [1.82, 2.24) is 10.5 Å². The van der Waals surface area contributed by atoms with Gasteiger partial charge in [0.2, 0.25) is 5.91 Å². The molecule has 1 aliphatic rings. The molecular weight excluding hydrogens is 342 g/mol. The van der Waals surface area contributed by atoms with Crippen molar-refractivity contribution in [2.75, 3.05) is 11.4 Å². The summed E-state index contributed by atoms with van der Waals surface area (Å²) < 4.78 is 5.21. The standard InChI is InChI=1S/C21H27N3O3/c1-13(2)9-17-11-18(23-27-17)20(25)22-12-15-5-6-19-16(10-15)7-8-24(19)21(26)14(3)4/h5-6,10-11,13-14H,7-9,12H2,1-4H3,(H,22,25). The van der Waals surface area contributed by atoms with E-state index in [2.05, 4.69) is 30.4 Å². The van der Waals surface area contributed by atoms with Gasteiger partial charge in [-0.2, -0.15) is 0 Å². The van der Waals surface area contributed by atoms with Crippen molar-refractivity contribution in [3.05, 3.63) is 46.8 Å². The van der Waals surface area contributed by atoms with Crippen molar-refractivity contribution >= 4 is 17.5 Å². The van der Waals surface area contributed by atoms with Crippen LogP contribution in [0.2, 0.25) is 0 Å². The van der Waals surface area contributed by atoms with E-state index in [1.54, 1.807) is 6.07 Å². The molecule has 0 spiro atoms. The van der Waals surface area contributed by atoms with Crippen LogP contribution in [0.25, 0.3) is 0 Å². The first-order chi connectivity index (χ1) is 12.8. The molecule has 27 heavy (non-hydrogen) atoms. The van der Waals surface area contributed by atoms with Crippen molar-refractivity contribution in [2.24, 2.45) is 11.8 Å². The fraction of sp³-hybridized carbons (Fsp3) is 0.476. The summed E-state index contributed by atoms with van der Waals surface area (Å²) in [5, 5.41) is 6.74. The van der Waals surface area contributed by atoms with Gasteiger partial charge in [-0.15, -0.1) is 0 Å². The van der Waals surface area contributed by atoms with Crippen LogP contribution in [0.15, 0.2) is 28.8 Å². The number of nitrogens with one attached hydrogen (secondary N) is 1. The van der Waals surface area contributed by atoms with Gasteiger partial charge in [0, 0.05) is 37.2 Å². The van der Waals surface area contributed by atoms with Gasteiger partial charge in [0.25, 0.3) is 5.91 Å². The molecule has 0 saturated heterocycles. The molecule has 144 valence electrons. The maximum Gasteiger partial charge on any atom is 0.273 e. The Bertz CT molecular complexity index is 839. The summed E-state index contributed by atoms with van der Waals surface area (Å²) >= 11 is 0. The van der Waals surface area contributed by atoms with Crippen LogP contribution < -0.4 is 10.2 Å². The Morgan fingerprint density at radius 2 is 2.00 bits per heavy atom. The monoisotopic (exact) mass is 369 g/mol. The Hall–Kier alpha value is -2.63. The highest BCUT2D eigenvalue weighted by Gasteiger charge is 2.26. The van der Waals surface area contributed by atoms with Gasteiger partial charge in [0.1, 0.15) is 5.76 Å². The van der Waals surface area contributed by atoms with Crippen LogP contribution in [0.5, 0.6) is 0 Å². The first-order valence-electron chi connectivity index (χ1n) is 9.52. The van der Waals surface area contributed by atoms with E-state index in [0.717, 1.165) is 42.0 Å². The van der Waals surface area contributed by atoms with E-state index in [9.17, 15) is 9.59 Å². The second-order valence-corrected chi connectivity index (χ2v) is 7.82. The molecule has 2 amide bonds. The number of nitrogens with zero attached hydrogens (tertiary/aromatic N) is 2. The normalized spacial score (nSPS) is 13.3. The van der Waals surface area contributed by atoms with Crippen molar-refractivity contribution < 1.29 is 14.1 Å². The molecule has 0 bridgehead atoms. The summed E-state index contributed by atoms with van der Waals surface area (Å²) in [5.41, 5.74) is 3.45. The quantitative estimate of drug-likeness (QED) is 0.847. The smallest absolute Gasteiger partial charge is 0.273 e. The largest absolute Gasteiger partial charge is 0.361 e. The first kappa shape index (κ1) is 19.1. The maximum absolute atomic E-state index is 12.3. The molecule has 0 saturated carbocycles. The van der Waals surface area contributed by atoms with Gasteiger partial charge < -0.3 is 14.7 Å². The molecule has 1 N–H and O–H groups in total. The molecule has 6 heteroatoms. The minimum absolute atomic E-state index is 0.0158. The molecule has 0 radical (unpaired) electrons. The van der Waals surface area contributed by atoms with Gasteiger partial charge in [0.05, 0.1) is 0 Å². The number of rotatable bonds is 6. The summed E-state index contributed by atoms with van der Waals surface area (Å²) in [7, 11) is 0. The van der Waals surface area contributed by atoms with E-state index in [4.69, 9.17) is 4.52 Å². The molecule has 2 aromatic rings. The zero-order valence-corrected chi connectivity index (χ0v) is 16.4. The fourth-order valence-corrected chi connectivity index (χ4v) is 3.30. The zero-order chi connectivity index (χ0) is 19.6. The number of fused-ring (bicyclic) bond motifs is 1. The topological polar surface area (TPSA) is 75.4 Å². The third-order valence-electron chi connectivity index (χ3n) is 4.65. The Kier molecular flexibility index (Phi) is 5.63. The lowest BCUT2D eigenvalue weighted by Gasteiger charge is -2.19. The van der Waals surface area contributed by atoms with Gasteiger partial charge in [-0.05, 0) is 29.5 Å². The van der Waals surface area contributed by atoms with Crippen molar-refractivity contribution in [2.45, 2.75) is 47.1 Å². The molecule has 6 nitrogen and oxygen atoms in total. The number of aromatic nitrogens is 1. The summed E-state index contributed by atoms with van der Waals surface area (Å²) in [5.74, 6) is 1.06. The van der Waals surface area contributed by atoms with Crippen molar-refractivity contribution in [3.63, 3.8) is 0 Å². The number of anilines is 1. The molecule has 0 fully saturated rings. The van der Waals surface area contributed by atoms with Crippen LogP contribution in [-0.4, -0.2) is 23.5 Å². The molecule has 3 rings (SSSR count). The van der Waals surface area contributed by atoms with Gasteiger partial charge in [0.15, 0.2) is 5.69 Å². The van der Waals surface area contributed by atoms with E-state index in [-0.39, 0.29) is 17.7 Å². The SMILES string of the molecule is CC(C)Cc1cc(C(=O)NCc2ccc3c(c2)CCN3C(=O)C(C)C)no1. The number of carbonyl (C=O) groups is 2. The first-order valence-corrected chi connectivity index (χ1v) is 9.52. The second kappa shape index (κ2) is 7.94. The lowest BCUT2D eigenvalue weighted by molar-refractivity contribution is -0.121. The lowest BCUT2D eigenvalue weighted by atomic mass is 10.1. The van der Waals surface area contributed by atoms with Crippen molar-refractivity contribution in [1.29, 1.82) is 0 Å². The fourth-order valence-electron chi connectivity index (χ4n) is 3.30. The van der Waals surface area contributed by atoms with E-state index in [1.165, 1.54) is 0 Å². The number of benzene rings is 1. The highest BCUT2D eigenvalue weighted by atomic mass is 16.5. The van der Waals surface area contributed by atoms with Gasteiger partial charge >= 0.3 is 0 Å². The molecule has 0 unspecified atom stereocenters. The number of amides is 2. The van der Waals surface area contributed by atoms with E-state index < -0.39 is 0 Å². The van der Waals surface area contributed by atoms with Crippen LogP contribution in [0, 0.1) is 11.8 Å². The molecular formula is C21H27N3O3. The molecule has 1 aliphatic heterocycles. The molecule has 1 aromatic heterocycles. The van der Waals surface area contributed by atoms with Crippen LogP contribution in [-0.2, 0) is 24.2 Å². The van der Waals surface area contributed by atoms with E-state index in [0.29, 0.717) is 18.2 Å². The van der Waals surface area contributed by atoms with Gasteiger partial charge in [-0.1, -0.05) is 45.0 Å². The van der Waals surface area contributed by atoms with Crippen LogP contribution in [0.1, 0.15) is 55.1 Å². The van der Waals surface area contributed by atoms with E-state index in [1.807, 2.05) is 30.9 Å². The van der Waals surface area contributed by atoms with Crippen LogP contribution >= 0.6 is 0 Å².